The van der Waals surface area contributed by atoms with Gasteiger partial charge in [0, 0.05) is 23.6 Å². The Balaban J connectivity index is 2.20. The van der Waals surface area contributed by atoms with Gasteiger partial charge in [-0.2, -0.15) is 0 Å². The quantitative estimate of drug-likeness (QED) is 0.773. The van der Waals surface area contributed by atoms with Crippen LogP contribution in [0.3, 0.4) is 0 Å². The third kappa shape index (κ3) is 2.08. The zero-order chi connectivity index (χ0) is 9.97. The highest BCUT2D eigenvalue weighted by molar-refractivity contribution is 6.30. The predicted molar refractivity (Wildman–Crippen MR) is 57.6 cm³/mol. The van der Waals surface area contributed by atoms with Gasteiger partial charge in [-0.3, -0.25) is 0 Å². The van der Waals surface area contributed by atoms with Crippen molar-refractivity contribution in [1.29, 1.82) is 0 Å². The fraction of sp³-hybridized carbons (Fsp3) is 0.455. The highest BCUT2D eigenvalue weighted by atomic mass is 35.5. The maximum Gasteiger partial charge on any atom is 0.0549 e. The molecule has 0 aromatic heterocycles. The van der Waals surface area contributed by atoms with Crippen molar-refractivity contribution in [1.82, 2.24) is 0 Å². The van der Waals surface area contributed by atoms with Gasteiger partial charge in [-0.25, -0.2) is 0 Å². The van der Waals surface area contributed by atoms with Crippen LogP contribution < -0.4 is 5.73 Å². The molecule has 14 heavy (non-hydrogen) atoms. The van der Waals surface area contributed by atoms with E-state index in [1.807, 2.05) is 18.2 Å². The van der Waals surface area contributed by atoms with Crippen LogP contribution in [-0.2, 0) is 4.74 Å². The Morgan fingerprint density at radius 1 is 1.43 bits per heavy atom. The third-order valence-corrected chi connectivity index (χ3v) is 2.92. The average molecular weight is 212 g/mol. The second-order valence-electron chi connectivity index (χ2n) is 3.69. The highest BCUT2D eigenvalue weighted by Crippen LogP contribution is 2.26. The molecule has 2 unspecified atom stereocenters. The molecule has 1 saturated heterocycles. The van der Waals surface area contributed by atoms with Crippen molar-refractivity contribution >= 4 is 11.6 Å². The van der Waals surface area contributed by atoms with Gasteiger partial charge in [-0.05, 0) is 24.1 Å². The summed E-state index contributed by atoms with van der Waals surface area (Å²) in [5, 5.41) is 0.764. The van der Waals surface area contributed by atoms with Gasteiger partial charge in [0.05, 0.1) is 6.61 Å². The van der Waals surface area contributed by atoms with Gasteiger partial charge in [0.25, 0.3) is 0 Å². The summed E-state index contributed by atoms with van der Waals surface area (Å²) in [4.78, 5) is 0. The Labute approximate surface area is 89.0 Å². The van der Waals surface area contributed by atoms with Gasteiger partial charge in [-0.1, -0.05) is 23.7 Å². The van der Waals surface area contributed by atoms with Crippen molar-refractivity contribution in [3.63, 3.8) is 0 Å². The smallest absolute Gasteiger partial charge is 0.0549 e. The van der Waals surface area contributed by atoms with Gasteiger partial charge in [0.2, 0.25) is 0 Å². The van der Waals surface area contributed by atoms with Crippen LogP contribution in [-0.4, -0.2) is 19.3 Å². The van der Waals surface area contributed by atoms with Gasteiger partial charge in [0.15, 0.2) is 0 Å². The number of rotatable bonds is 1. The molecule has 76 valence electrons. The van der Waals surface area contributed by atoms with Crippen molar-refractivity contribution in [2.24, 2.45) is 5.73 Å². The first-order valence-corrected chi connectivity index (χ1v) is 5.24. The molecule has 1 aliphatic rings. The standard InChI is InChI=1S/C11H14ClNO/c12-9-3-1-2-8(6-9)10-7-14-5-4-11(10)13/h1-3,6,10-11H,4-5,7,13H2. The molecule has 1 fully saturated rings. The number of nitrogens with two attached hydrogens (primary N) is 1. The van der Waals surface area contributed by atoms with E-state index in [1.165, 1.54) is 5.56 Å². The van der Waals surface area contributed by atoms with Crippen molar-refractivity contribution in [3.8, 4) is 0 Å². The summed E-state index contributed by atoms with van der Waals surface area (Å²) in [5.41, 5.74) is 7.22. The van der Waals surface area contributed by atoms with Crippen LogP contribution in [0.5, 0.6) is 0 Å². The highest BCUT2D eigenvalue weighted by Gasteiger charge is 2.23. The summed E-state index contributed by atoms with van der Waals surface area (Å²) in [5.74, 6) is 0.294. The van der Waals surface area contributed by atoms with E-state index in [0.29, 0.717) is 12.5 Å². The number of hydrogen-bond donors (Lipinski definition) is 1. The zero-order valence-electron chi connectivity index (χ0n) is 7.95. The fourth-order valence-corrected chi connectivity index (χ4v) is 2.03. The lowest BCUT2D eigenvalue weighted by Gasteiger charge is -2.29. The maximum atomic E-state index is 6.04. The molecule has 2 nitrogen and oxygen atoms in total. The Bertz CT molecular complexity index is 316. The van der Waals surface area contributed by atoms with E-state index in [4.69, 9.17) is 22.1 Å². The van der Waals surface area contributed by atoms with Gasteiger partial charge in [0.1, 0.15) is 0 Å². The molecule has 0 spiro atoms. The largest absolute Gasteiger partial charge is 0.381 e. The number of hydrogen-bond acceptors (Lipinski definition) is 2. The van der Waals surface area contributed by atoms with Crippen molar-refractivity contribution < 1.29 is 4.74 Å². The van der Waals surface area contributed by atoms with Gasteiger partial charge < -0.3 is 10.5 Å². The van der Waals surface area contributed by atoms with E-state index >= 15 is 0 Å². The van der Waals surface area contributed by atoms with Crippen molar-refractivity contribution in [3.05, 3.63) is 34.9 Å². The molecular weight excluding hydrogens is 198 g/mol. The zero-order valence-corrected chi connectivity index (χ0v) is 8.70. The van der Waals surface area contributed by atoms with Gasteiger partial charge in [-0.15, -0.1) is 0 Å². The minimum absolute atomic E-state index is 0.196. The first kappa shape index (κ1) is 9.97. The Kier molecular flexibility index (Phi) is 3.06. The molecule has 1 aromatic rings. The van der Waals surface area contributed by atoms with E-state index in [1.54, 1.807) is 0 Å². The molecule has 0 aliphatic carbocycles. The van der Waals surface area contributed by atoms with E-state index in [0.717, 1.165) is 18.1 Å². The van der Waals surface area contributed by atoms with Crippen LogP contribution in [0.1, 0.15) is 17.9 Å². The summed E-state index contributed by atoms with van der Waals surface area (Å²) in [6.07, 6.45) is 0.928. The normalized spacial score (nSPS) is 27.6. The molecular formula is C11H14ClNO. The molecule has 2 atom stereocenters. The monoisotopic (exact) mass is 211 g/mol. The molecule has 2 rings (SSSR count). The molecule has 1 aliphatic heterocycles. The Morgan fingerprint density at radius 3 is 3.00 bits per heavy atom. The predicted octanol–water partition coefficient (Wildman–Crippen LogP) is 2.17. The summed E-state index contributed by atoms with van der Waals surface area (Å²) >= 11 is 5.93. The van der Waals surface area contributed by atoms with Crippen LogP contribution in [0.15, 0.2) is 24.3 Å². The SMILES string of the molecule is NC1CCOCC1c1cccc(Cl)c1. The minimum Gasteiger partial charge on any atom is -0.381 e. The third-order valence-electron chi connectivity index (χ3n) is 2.69. The summed E-state index contributed by atoms with van der Waals surface area (Å²) in [6, 6.07) is 8.06. The van der Waals surface area contributed by atoms with Crippen molar-refractivity contribution in [2.75, 3.05) is 13.2 Å². The maximum absolute atomic E-state index is 6.04. The molecule has 2 N–H and O–H groups in total. The van der Waals surface area contributed by atoms with E-state index < -0.39 is 0 Å². The molecule has 3 heteroatoms. The molecule has 1 heterocycles. The van der Waals surface area contributed by atoms with Crippen LogP contribution in [0.2, 0.25) is 5.02 Å². The Hall–Kier alpha value is -0.570. The summed E-state index contributed by atoms with van der Waals surface area (Å²) < 4.78 is 5.42. The summed E-state index contributed by atoms with van der Waals surface area (Å²) in [7, 11) is 0. The number of benzene rings is 1. The average Bonchev–Trinajstić information content (AvgIpc) is 2.18. The number of ether oxygens (including phenoxy) is 1. The minimum atomic E-state index is 0.196. The lowest BCUT2D eigenvalue weighted by molar-refractivity contribution is 0.0691. The topological polar surface area (TPSA) is 35.2 Å². The van der Waals surface area contributed by atoms with E-state index in [9.17, 15) is 0 Å². The van der Waals surface area contributed by atoms with Crippen LogP contribution in [0, 0.1) is 0 Å². The fourth-order valence-electron chi connectivity index (χ4n) is 1.84. The first-order chi connectivity index (χ1) is 6.77. The molecule has 1 aromatic carbocycles. The van der Waals surface area contributed by atoms with Gasteiger partial charge >= 0.3 is 0 Å². The molecule has 0 amide bonds. The Morgan fingerprint density at radius 2 is 2.29 bits per heavy atom. The second kappa shape index (κ2) is 4.30. The lowest BCUT2D eigenvalue weighted by Crippen LogP contribution is -2.36. The number of halogens is 1. The molecule has 0 radical (unpaired) electrons. The van der Waals surface area contributed by atoms with Crippen LogP contribution >= 0.6 is 11.6 Å². The second-order valence-corrected chi connectivity index (χ2v) is 4.13. The lowest BCUT2D eigenvalue weighted by atomic mass is 9.89. The molecule has 0 saturated carbocycles. The molecule has 0 bridgehead atoms. The van der Waals surface area contributed by atoms with Crippen LogP contribution in [0.4, 0.5) is 0 Å². The first-order valence-electron chi connectivity index (χ1n) is 4.86. The van der Waals surface area contributed by atoms with Crippen LogP contribution in [0.25, 0.3) is 0 Å². The van der Waals surface area contributed by atoms with E-state index in [2.05, 4.69) is 6.07 Å². The van der Waals surface area contributed by atoms with E-state index in [-0.39, 0.29) is 6.04 Å². The summed E-state index contributed by atoms with van der Waals surface area (Å²) in [6.45, 7) is 1.49. The van der Waals surface area contributed by atoms with Crippen molar-refractivity contribution in [2.45, 2.75) is 18.4 Å².